The van der Waals surface area contributed by atoms with Gasteiger partial charge in [-0.2, -0.15) is 0 Å². The normalized spacial score (nSPS) is 17.2. The minimum atomic E-state index is 0. The summed E-state index contributed by atoms with van der Waals surface area (Å²) in [6.45, 7) is 10.6. The van der Waals surface area contributed by atoms with E-state index in [1.165, 1.54) is 0 Å². The van der Waals surface area contributed by atoms with Crippen molar-refractivity contribution in [2.45, 2.75) is 20.0 Å². The van der Waals surface area contributed by atoms with E-state index in [1.54, 1.807) is 14.2 Å². The smallest absolute Gasteiger partial charge is 0.191 e. The molecular formula is C20H35IN4O3. The minimum Gasteiger partial charge on any atom is -0.497 e. The average Bonchev–Trinajstić information content (AvgIpc) is 2.69. The molecule has 28 heavy (non-hydrogen) atoms. The summed E-state index contributed by atoms with van der Waals surface area (Å²) < 4.78 is 16.6. The number of methoxy groups -OCH3 is 1. The molecule has 1 aromatic carbocycles. The molecule has 1 fully saturated rings. The first-order valence-electron chi connectivity index (χ1n) is 9.66. The molecule has 1 saturated heterocycles. The lowest BCUT2D eigenvalue weighted by Gasteiger charge is -2.29. The van der Waals surface area contributed by atoms with Crippen LogP contribution >= 0.6 is 24.0 Å². The molecule has 0 bridgehead atoms. The Balaban J connectivity index is 0.00000392. The van der Waals surface area contributed by atoms with Crippen LogP contribution in [0.25, 0.3) is 0 Å². The van der Waals surface area contributed by atoms with E-state index in [4.69, 9.17) is 14.2 Å². The number of hydrogen-bond donors (Lipinski definition) is 2. The fraction of sp³-hybridized carbons (Fsp3) is 0.650. The van der Waals surface area contributed by atoms with Gasteiger partial charge in [-0.3, -0.25) is 9.89 Å². The van der Waals surface area contributed by atoms with E-state index < -0.39 is 0 Å². The van der Waals surface area contributed by atoms with Gasteiger partial charge in [-0.25, -0.2) is 0 Å². The molecule has 0 saturated carbocycles. The number of ether oxygens (including phenoxy) is 3. The van der Waals surface area contributed by atoms with Gasteiger partial charge in [-0.05, 0) is 25.0 Å². The van der Waals surface area contributed by atoms with Crippen LogP contribution < -0.4 is 20.1 Å². The van der Waals surface area contributed by atoms with E-state index in [9.17, 15) is 0 Å². The van der Waals surface area contributed by atoms with Gasteiger partial charge in [0.25, 0.3) is 0 Å². The van der Waals surface area contributed by atoms with E-state index in [1.807, 2.05) is 31.2 Å². The molecule has 0 spiro atoms. The van der Waals surface area contributed by atoms with Crippen LogP contribution in [0.5, 0.6) is 11.5 Å². The third kappa shape index (κ3) is 9.29. The Kier molecular flexibility index (Phi) is 12.2. The summed E-state index contributed by atoms with van der Waals surface area (Å²) in [6.07, 6.45) is 0.00132. The Morgan fingerprint density at radius 1 is 1.18 bits per heavy atom. The van der Waals surface area contributed by atoms with Crippen LogP contribution in [-0.2, 0) is 4.74 Å². The van der Waals surface area contributed by atoms with E-state index in [-0.39, 0.29) is 30.1 Å². The molecule has 160 valence electrons. The maximum absolute atomic E-state index is 5.93. The highest BCUT2D eigenvalue weighted by Crippen LogP contribution is 2.19. The lowest BCUT2D eigenvalue weighted by Crippen LogP contribution is -2.45. The van der Waals surface area contributed by atoms with Gasteiger partial charge >= 0.3 is 0 Å². The van der Waals surface area contributed by atoms with Gasteiger partial charge in [0.05, 0.1) is 26.9 Å². The molecule has 1 aliphatic heterocycles. The van der Waals surface area contributed by atoms with Crippen molar-refractivity contribution in [3.8, 4) is 11.5 Å². The van der Waals surface area contributed by atoms with E-state index in [0.717, 1.165) is 56.9 Å². The van der Waals surface area contributed by atoms with Crippen molar-refractivity contribution in [2.24, 2.45) is 10.9 Å². The van der Waals surface area contributed by atoms with Crippen molar-refractivity contribution < 1.29 is 14.2 Å². The standard InChI is InChI=1S/C20H34N4O3.HI/c1-16(15-24-8-10-26-11-9-24)13-22-20(21-3)23-14-17(2)27-19-7-5-6-18(12-19)25-4;/h5-7,12,16-17H,8-11,13-15H2,1-4H3,(H2,21,22,23);1H. The number of nitrogens with zero attached hydrogens (tertiary/aromatic N) is 2. The molecular weight excluding hydrogens is 471 g/mol. The molecule has 1 heterocycles. The van der Waals surface area contributed by atoms with Gasteiger partial charge in [0.15, 0.2) is 5.96 Å². The molecule has 0 aliphatic carbocycles. The van der Waals surface area contributed by atoms with Gasteiger partial charge in [0.1, 0.15) is 17.6 Å². The fourth-order valence-electron chi connectivity index (χ4n) is 2.97. The van der Waals surface area contributed by atoms with Gasteiger partial charge in [0, 0.05) is 39.3 Å². The second-order valence-corrected chi connectivity index (χ2v) is 6.96. The summed E-state index contributed by atoms with van der Waals surface area (Å²) in [5, 5.41) is 6.73. The predicted molar refractivity (Wildman–Crippen MR) is 124 cm³/mol. The molecule has 0 radical (unpaired) electrons. The topological polar surface area (TPSA) is 67.4 Å². The number of guanidine groups is 1. The lowest BCUT2D eigenvalue weighted by molar-refractivity contribution is 0.0320. The summed E-state index contributed by atoms with van der Waals surface area (Å²) in [7, 11) is 3.44. The summed E-state index contributed by atoms with van der Waals surface area (Å²) in [5.41, 5.74) is 0. The average molecular weight is 506 g/mol. The van der Waals surface area contributed by atoms with Crippen LogP contribution in [-0.4, -0.2) is 77.1 Å². The number of aliphatic imine (C=N–C) groups is 1. The number of rotatable bonds is 9. The summed E-state index contributed by atoms with van der Waals surface area (Å²) >= 11 is 0. The molecule has 2 unspecified atom stereocenters. The van der Waals surface area contributed by atoms with Crippen LogP contribution in [0, 0.1) is 5.92 Å². The van der Waals surface area contributed by atoms with Crippen LogP contribution in [0.1, 0.15) is 13.8 Å². The van der Waals surface area contributed by atoms with E-state index >= 15 is 0 Å². The lowest BCUT2D eigenvalue weighted by atomic mass is 10.1. The van der Waals surface area contributed by atoms with Crippen LogP contribution in [0.2, 0.25) is 0 Å². The highest BCUT2D eigenvalue weighted by Gasteiger charge is 2.14. The van der Waals surface area contributed by atoms with E-state index in [2.05, 4.69) is 27.4 Å². The molecule has 1 aliphatic rings. The maximum Gasteiger partial charge on any atom is 0.191 e. The van der Waals surface area contributed by atoms with Gasteiger partial charge in [-0.15, -0.1) is 24.0 Å². The van der Waals surface area contributed by atoms with Crippen molar-refractivity contribution in [1.29, 1.82) is 0 Å². The predicted octanol–water partition coefficient (Wildman–Crippen LogP) is 2.21. The Morgan fingerprint density at radius 3 is 2.54 bits per heavy atom. The van der Waals surface area contributed by atoms with Gasteiger partial charge in [0.2, 0.25) is 0 Å². The zero-order valence-corrected chi connectivity index (χ0v) is 19.8. The third-order valence-corrected chi connectivity index (χ3v) is 4.45. The molecule has 1 aromatic rings. The number of hydrogen-bond acceptors (Lipinski definition) is 5. The number of benzene rings is 1. The van der Waals surface area contributed by atoms with Gasteiger partial charge in [-0.1, -0.05) is 13.0 Å². The van der Waals surface area contributed by atoms with Crippen molar-refractivity contribution in [2.75, 3.05) is 60.1 Å². The maximum atomic E-state index is 5.93. The summed E-state index contributed by atoms with van der Waals surface area (Å²) in [6, 6.07) is 7.64. The van der Waals surface area contributed by atoms with Crippen molar-refractivity contribution in [3.05, 3.63) is 24.3 Å². The molecule has 2 rings (SSSR count). The number of morpholine rings is 1. The van der Waals surface area contributed by atoms with Crippen LogP contribution in [0.3, 0.4) is 0 Å². The Labute approximate surface area is 186 Å². The van der Waals surface area contributed by atoms with Crippen molar-refractivity contribution in [1.82, 2.24) is 15.5 Å². The summed E-state index contributed by atoms with van der Waals surface area (Å²) in [4.78, 5) is 6.75. The monoisotopic (exact) mass is 506 g/mol. The SMILES string of the molecule is CN=C(NCC(C)CN1CCOCC1)NCC(C)Oc1cccc(OC)c1.I. The highest BCUT2D eigenvalue weighted by atomic mass is 127. The Morgan fingerprint density at radius 2 is 1.86 bits per heavy atom. The molecule has 7 nitrogen and oxygen atoms in total. The van der Waals surface area contributed by atoms with Crippen LogP contribution in [0.4, 0.5) is 0 Å². The molecule has 0 aromatic heterocycles. The molecule has 0 amide bonds. The molecule has 8 heteroatoms. The summed E-state index contributed by atoms with van der Waals surface area (Å²) in [5.74, 6) is 2.92. The first kappa shape index (κ1) is 24.8. The zero-order chi connectivity index (χ0) is 19.5. The third-order valence-electron chi connectivity index (χ3n) is 4.45. The first-order valence-corrected chi connectivity index (χ1v) is 9.66. The first-order chi connectivity index (χ1) is 13.1. The minimum absolute atomic E-state index is 0. The number of halogens is 1. The van der Waals surface area contributed by atoms with Crippen molar-refractivity contribution in [3.63, 3.8) is 0 Å². The van der Waals surface area contributed by atoms with Crippen LogP contribution in [0.15, 0.2) is 29.3 Å². The molecule has 2 atom stereocenters. The number of nitrogens with one attached hydrogen (secondary N) is 2. The fourth-order valence-corrected chi connectivity index (χ4v) is 2.97. The van der Waals surface area contributed by atoms with Gasteiger partial charge < -0.3 is 24.8 Å². The van der Waals surface area contributed by atoms with Crippen molar-refractivity contribution >= 4 is 29.9 Å². The largest absolute Gasteiger partial charge is 0.497 e. The van der Waals surface area contributed by atoms with E-state index in [0.29, 0.717) is 12.5 Å². The zero-order valence-electron chi connectivity index (χ0n) is 17.4. The Bertz CT molecular complexity index is 582. The Hall–Kier alpha value is -1.26. The quantitative estimate of drug-likeness (QED) is 0.304. The highest BCUT2D eigenvalue weighted by molar-refractivity contribution is 14.0. The second kappa shape index (κ2) is 13.8. The second-order valence-electron chi connectivity index (χ2n) is 6.96. The molecule has 2 N–H and O–H groups in total.